The van der Waals surface area contributed by atoms with E-state index in [-0.39, 0.29) is 17.5 Å². The van der Waals surface area contributed by atoms with Gasteiger partial charge in [0.15, 0.2) is 0 Å². The van der Waals surface area contributed by atoms with Gasteiger partial charge in [0.2, 0.25) is 0 Å². The van der Waals surface area contributed by atoms with E-state index in [4.69, 9.17) is 4.74 Å². The van der Waals surface area contributed by atoms with Gasteiger partial charge in [0.05, 0.1) is 18.4 Å². The smallest absolute Gasteiger partial charge is 0.278 e. The average molecular weight is 336 g/mol. The van der Waals surface area contributed by atoms with Gasteiger partial charge in [0.1, 0.15) is 11.4 Å². The number of hydrogen-bond acceptors (Lipinski definition) is 4. The molecule has 2 aromatic rings. The maximum absolute atomic E-state index is 12.8. The number of ether oxygens (including phenoxy) is 1. The van der Waals surface area contributed by atoms with E-state index in [1.165, 1.54) is 4.90 Å². The Balaban J connectivity index is 2.08. The highest BCUT2D eigenvalue weighted by molar-refractivity contribution is 6.36. The first kappa shape index (κ1) is 16.8. The minimum Gasteiger partial charge on any atom is -0.495 e. The first-order valence-corrected chi connectivity index (χ1v) is 8.23. The molecule has 0 aromatic heterocycles. The minimum atomic E-state index is -0.309. The Morgan fingerprint density at radius 3 is 2.32 bits per heavy atom. The summed E-state index contributed by atoms with van der Waals surface area (Å²) in [6.45, 7) is 2.33. The van der Waals surface area contributed by atoms with Gasteiger partial charge in [-0.25, -0.2) is 0 Å². The van der Waals surface area contributed by atoms with Gasteiger partial charge >= 0.3 is 0 Å². The van der Waals surface area contributed by atoms with Gasteiger partial charge in [-0.1, -0.05) is 49.4 Å². The molecule has 0 saturated heterocycles. The Labute approximate surface area is 146 Å². The van der Waals surface area contributed by atoms with Gasteiger partial charge in [-0.2, -0.15) is 0 Å². The van der Waals surface area contributed by atoms with E-state index in [0.717, 1.165) is 5.56 Å². The fraction of sp³-hybridized carbons (Fsp3) is 0.200. The normalized spacial score (nSPS) is 14.2. The monoisotopic (exact) mass is 336 g/mol. The highest BCUT2D eigenvalue weighted by Gasteiger charge is 2.38. The summed E-state index contributed by atoms with van der Waals surface area (Å²) in [4.78, 5) is 27.0. The Morgan fingerprint density at radius 2 is 1.64 bits per heavy atom. The first-order chi connectivity index (χ1) is 12.2. The second-order valence-corrected chi connectivity index (χ2v) is 5.70. The highest BCUT2D eigenvalue weighted by Crippen LogP contribution is 2.33. The molecule has 1 heterocycles. The summed E-state index contributed by atoms with van der Waals surface area (Å²) in [7, 11) is 1.57. The number of para-hydroxylation sites is 2. The summed E-state index contributed by atoms with van der Waals surface area (Å²) in [5.41, 5.74) is 2.05. The molecule has 1 N–H and O–H groups in total. The summed E-state index contributed by atoms with van der Waals surface area (Å²) in [5, 5.41) is 3.12. The Kier molecular flexibility index (Phi) is 4.84. The molecule has 0 bridgehead atoms. The van der Waals surface area contributed by atoms with Gasteiger partial charge in [0, 0.05) is 6.54 Å². The lowest BCUT2D eigenvalue weighted by Gasteiger charge is -2.14. The van der Waals surface area contributed by atoms with Crippen molar-refractivity contribution in [1.29, 1.82) is 0 Å². The van der Waals surface area contributed by atoms with Crippen molar-refractivity contribution in [3.05, 3.63) is 65.9 Å². The molecule has 1 aliphatic rings. The van der Waals surface area contributed by atoms with Crippen LogP contribution in [0.4, 0.5) is 5.69 Å². The van der Waals surface area contributed by atoms with E-state index >= 15 is 0 Å². The maximum Gasteiger partial charge on any atom is 0.278 e. The zero-order valence-corrected chi connectivity index (χ0v) is 14.3. The van der Waals surface area contributed by atoms with Crippen molar-refractivity contribution in [2.24, 2.45) is 0 Å². The van der Waals surface area contributed by atoms with Crippen molar-refractivity contribution in [2.45, 2.75) is 13.3 Å². The fourth-order valence-corrected chi connectivity index (χ4v) is 2.87. The molecule has 5 heteroatoms. The van der Waals surface area contributed by atoms with Crippen LogP contribution in [-0.2, 0) is 9.59 Å². The van der Waals surface area contributed by atoms with Crippen molar-refractivity contribution in [2.75, 3.05) is 19.0 Å². The van der Waals surface area contributed by atoms with Crippen LogP contribution in [0.3, 0.4) is 0 Å². The van der Waals surface area contributed by atoms with Crippen molar-refractivity contribution in [1.82, 2.24) is 4.90 Å². The van der Waals surface area contributed by atoms with Crippen LogP contribution in [0.5, 0.6) is 5.75 Å². The van der Waals surface area contributed by atoms with Gasteiger partial charge < -0.3 is 10.1 Å². The molecule has 0 spiro atoms. The van der Waals surface area contributed by atoms with Crippen LogP contribution in [0, 0.1) is 0 Å². The first-order valence-electron chi connectivity index (χ1n) is 8.23. The van der Waals surface area contributed by atoms with Gasteiger partial charge in [-0.15, -0.1) is 0 Å². The largest absolute Gasteiger partial charge is 0.495 e. The molecule has 0 radical (unpaired) electrons. The van der Waals surface area contributed by atoms with E-state index < -0.39 is 0 Å². The molecule has 5 nitrogen and oxygen atoms in total. The lowest BCUT2D eigenvalue weighted by atomic mass is 10.0. The average Bonchev–Trinajstić information content (AvgIpc) is 2.87. The summed E-state index contributed by atoms with van der Waals surface area (Å²) in [6, 6.07) is 16.6. The van der Waals surface area contributed by atoms with E-state index in [2.05, 4.69) is 5.32 Å². The molecule has 25 heavy (non-hydrogen) atoms. The number of benzene rings is 2. The molecule has 128 valence electrons. The summed E-state index contributed by atoms with van der Waals surface area (Å²) in [6.07, 6.45) is 0.710. The second kappa shape index (κ2) is 7.21. The number of hydrogen-bond donors (Lipinski definition) is 1. The Morgan fingerprint density at radius 1 is 0.960 bits per heavy atom. The number of nitrogens with one attached hydrogen (secondary N) is 1. The quantitative estimate of drug-likeness (QED) is 0.822. The molecule has 0 saturated carbocycles. The number of rotatable bonds is 6. The Bertz CT molecular complexity index is 828. The molecule has 0 unspecified atom stereocenters. The van der Waals surface area contributed by atoms with Gasteiger partial charge in [-0.05, 0) is 24.1 Å². The lowest BCUT2D eigenvalue weighted by molar-refractivity contribution is -0.136. The number of anilines is 1. The SMILES string of the molecule is CCCN1C(=O)C(Nc2ccccc2OC)=C(c2ccccc2)C1=O. The maximum atomic E-state index is 12.8. The highest BCUT2D eigenvalue weighted by atomic mass is 16.5. The molecule has 2 amide bonds. The third-order valence-electron chi connectivity index (χ3n) is 4.04. The fourth-order valence-electron chi connectivity index (χ4n) is 2.87. The van der Waals surface area contributed by atoms with Crippen LogP contribution < -0.4 is 10.1 Å². The van der Waals surface area contributed by atoms with Crippen LogP contribution in [0.1, 0.15) is 18.9 Å². The standard InChI is InChI=1S/C20H20N2O3/c1-3-13-22-19(23)17(14-9-5-4-6-10-14)18(20(22)24)21-15-11-7-8-12-16(15)25-2/h4-12,21H,3,13H2,1-2H3. The Hall–Kier alpha value is -3.08. The summed E-state index contributed by atoms with van der Waals surface area (Å²) < 4.78 is 5.34. The van der Waals surface area contributed by atoms with E-state index in [1.54, 1.807) is 13.2 Å². The predicted octanol–water partition coefficient (Wildman–Crippen LogP) is 3.30. The van der Waals surface area contributed by atoms with Crippen molar-refractivity contribution >= 4 is 23.1 Å². The van der Waals surface area contributed by atoms with E-state index in [1.807, 2.05) is 55.5 Å². The zero-order valence-electron chi connectivity index (χ0n) is 14.3. The minimum absolute atomic E-state index is 0.268. The third-order valence-corrected chi connectivity index (χ3v) is 4.04. The van der Waals surface area contributed by atoms with E-state index in [9.17, 15) is 9.59 Å². The van der Waals surface area contributed by atoms with Crippen LogP contribution in [-0.4, -0.2) is 30.4 Å². The predicted molar refractivity (Wildman–Crippen MR) is 97.0 cm³/mol. The topological polar surface area (TPSA) is 58.6 Å². The number of imide groups is 1. The number of amides is 2. The van der Waals surface area contributed by atoms with Gasteiger partial charge in [-0.3, -0.25) is 14.5 Å². The molecular weight excluding hydrogens is 316 g/mol. The summed E-state index contributed by atoms with van der Waals surface area (Å²) in [5.74, 6) is 0.0312. The van der Waals surface area contributed by atoms with Crippen LogP contribution >= 0.6 is 0 Å². The number of nitrogens with zero attached hydrogens (tertiary/aromatic N) is 1. The number of methoxy groups -OCH3 is 1. The molecule has 0 aliphatic carbocycles. The van der Waals surface area contributed by atoms with Crippen molar-refractivity contribution < 1.29 is 14.3 Å². The second-order valence-electron chi connectivity index (χ2n) is 5.70. The van der Waals surface area contributed by atoms with Crippen molar-refractivity contribution in [3.8, 4) is 5.75 Å². The van der Waals surface area contributed by atoms with Crippen LogP contribution in [0.25, 0.3) is 5.57 Å². The van der Waals surface area contributed by atoms with E-state index in [0.29, 0.717) is 30.0 Å². The lowest BCUT2D eigenvalue weighted by Crippen LogP contribution is -2.33. The zero-order chi connectivity index (χ0) is 17.8. The third kappa shape index (κ3) is 3.13. The molecule has 0 fully saturated rings. The number of carbonyl (C=O) groups is 2. The van der Waals surface area contributed by atoms with Crippen LogP contribution in [0.15, 0.2) is 60.3 Å². The molecule has 1 aliphatic heterocycles. The molecule has 2 aromatic carbocycles. The van der Waals surface area contributed by atoms with Crippen LogP contribution in [0.2, 0.25) is 0 Å². The molecule has 0 atom stereocenters. The van der Waals surface area contributed by atoms with Crippen molar-refractivity contribution in [3.63, 3.8) is 0 Å². The van der Waals surface area contributed by atoms with Gasteiger partial charge in [0.25, 0.3) is 11.8 Å². The molecular formula is C20H20N2O3. The summed E-state index contributed by atoms with van der Waals surface area (Å²) >= 11 is 0. The number of carbonyl (C=O) groups excluding carboxylic acids is 2. The molecule has 3 rings (SSSR count).